The van der Waals surface area contributed by atoms with Gasteiger partial charge < -0.3 is 19.3 Å². The SMILES string of the molecule is CC(=O)OCCCCCCN(C(=O)CCCOc1ccc2c(c1)CN1CC(=O)NC1=N2)C1CCCCC1. The Morgan fingerprint density at radius 3 is 2.68 bits per heavy atom. The van der Waals surface area contributed by atoms with Crippen LogP contribution >= 0.6 is 0 Å². The van der Waals surface area contributed by atoms with Gasteiger partial charge in [0.05, 0.1) is 18.9 Å². The van der Waals surface area contributed by atoms with Crippen molar-refractivity contribution >= 4 is 29.4 Å². The molecule has 202 valence electrons. The van der Waals surface area contributed by atoms with Gasteiger partial charge in [0, 0.05) is 38.0 Å². The Labute approximate surface area is 219 Å². The molecule has 4 rings (SSSR count). The van der Waals surface area contributed by atoms with E-state index < -0.39 is 0 Å². The molecule has 1 aromatic carbocycles. The van der Waals surface area contributed by atoms with Gasteiger partial charge in [-0.25, -0.2) is 4.99 Å². The van der Waals surface area contributed by atoms with Crippen LogP contribution in [-0.2, 0) is 25.7 Å². The first kappa shape index (κ1) is 26.9. The lowest BCUT2D eigenvalue weighted by Gasteiger charge is -2.34. The van der Waals surface area contributed by atoms with Crippen molar-refractivity contribution in [1.29, 1.82) is 0 Å². The first-order chi connectivity index (χ1) is 18.0. The van der Waals surface area contributed by atoms with Crippen LogP contribution in [0.15, 0.2) is 23.2 Å². The average molecular weight is 513 g/mol. The maximum Gasteiger partial charge on any atom is 0.302 e. The Hall–Kier alpha value is -3.10. The van der Waals surface area contributed by atoms with Gasteiger partial charge in [-0.3, -0.25) is 19.7 Å². The van der Waals surface area contributed by atoms with Crippen LogP contribution in [0.25, 0.3) is 0 Å². The number of unbranched alkanes of at least 4 members (excludes halogenated alkanes) is 3. The van der Waals surface area contributed by atoms with Crippen molar-refractivity contribution in [3.63, 3.8) is 0 Å². The molecular formula is C28H40N4O5. The number of nitrogens with one attached hydrogen (secondary N) is 1. The minimum Gasteiger partial charge on any atom is -0.494 e. The molecule has 0 radical (unpaired) electrons. The molecule has 9 nitrogen and oxygen atoms in total. The Morgan fingerprint density at radius 2 is 1.86 bits per heavy atom. The molecule has 2 aliphatic heterocycles. The number of hydrogen-bond donors (Lipinski definition) is 1. The van der Waals surface area contributed by atoms with Crippen molar-refractivity contribution in [3.8, 4) is 5.75 Å². The van der Waals surface area contributed by atoms with Crippen LogP contribution in [0.1, 0.15) is 83.1 Å². The summed E-state index contributed by atoms with van der Waals surface area (Å²) in [7, 11) is 0. The number of rotatable bonds is 13. The quantitative estimate of drug-likeness (QED) is 0.316. The molecule has 1 saturated heterocycles. The summed E-state index contributed by atoms with van der Waals surface area (Å²) in [6.07, 6.45) is 10.9. The van der Waals surface area contributed by atoms with Gasteiger partial charge in [0.25, 0.3) is 0 Å². The summed E-state index contributed by atoms with van der Waals surface area (Å²) in [6, 6.07) is 6.16. The number of carbonyl (C=O) groups excluding carboxylic acids is 3. The fourth-order valence-corrected chi connectivity index (χ4v) is 5.34. The number of ether oxygens (including phenoxy) is 2. The van der Waals surface area contributed by atoms with Crippen molar-refractivity contribution in [2.75, 3.05) is 26.3 Å². The summed E-state index contributed by atoms with van der Waals surface area (Å²) < 4.78 is 11.0. The molecule has 2 fully saturated rings. The fraction of sp³-hybridized carbons (Fsp3) is 0.643. The van der Waals surface area contributed by atoms with E-state index in [-0.39, 0.29) is 17.8 Å². The number of amides is 2. The first-order valence-electron chi connectivity index (χ1n) is 13.8. The van der Waals surface area contributed by atoms with Crippen molar-refractivity contribution in [2.45, 2.75) is 90.1 Å². The number of aliphatic imine (C=N–C) groups is 1. The summed E-state index contributed by atoms with van der Waals surface area (Å²) in [5.74, 6) is 1.35. The topological polar surface area (TPSA) is 101 Å². The minimum absolute atomic E-state index is 0.0331. The van der Waals surface area contributed by atoms with E-state index in [9.17, 15) is 14.4 Å². The highest BCUT2D eigenvalue weighted by Gasteiger charge is 2.29. The highest BCUT2D eigenvalue weighted by atomic mass is 16.5. The number of carbonyl (C=O) groups is 3. The minimum atomic E-state index is -0.227. The third-order valence-electron chi connectivity index (χ3n) is 7.26. The van der Waals surface area contributed by atoms with Crippen LogP contribution in [-0.4, -0.2) is 65.9 Å². The summed E-state index contributed by atoms with van der Waals surface area (Å²) in [5, 5.41) is 2.78. The number of esters is 1. The van der Waals surface area contributed by atoms with E-state index in [1.807, 2.05) is 23.1 Å². The van der Waals surface area contributed by atoms with Crippen LogP contribution < -0.4 is 10.1 Å². The Morgan fingerprint density at radius 1 is 1.05 bits per heavy atom. The number of hydrogen-bond acceptors (Lipinski definition) is 7. The largest absolute Gasteiger partial charge is 0.494 e. The fourth-order valence-electron chi connectivity index (χ4n) is 5.34. The number of benzene rings is 1. The summed E-state index contributed by atoms with van der Waals surface area (Å²) in [5.41, 5.74) is 1.88. The molecule has 3 aliphatic rings. The van der Waals surface area contributed by atoms with Crippen LogP contribution in [0.2, 0.25) is 0 Å². The van der Waals surface area contributed by atoms with Gasteiger partial charge >= 0.3 is 5.97 Å². The van der Waals surface area contributed by atoms with Gasteiger partial charge in [-0.1, -0.05) is 25.7 Å². The van der Waals surface area contributed by atoms with Crippen LogP contribution in [0.3, 0.4) is 0 Å². The lowest BCUT2D eigenvalue weighted by molar-refractivity contribution is -0.141. The second-order valence-corrected chi connectivity index (χ2v) is 10.2. The molecule has 2 heterocycles. The zero-order chi connectivity index (χ0) is 26.0. The Kier molecular flexibility index (Phi) is 9.79. The van der Waals surface area contributed by atoms with Crippen LogP contribution in [0.5, 0.6) is 5.75 Å². The monoisotopic (exact) mass is 512 g/mol. The molecule has 0 unspecified atom stereocenters. The third kappa shape index (κ3) is 7.94. The molecule has 37 heavy (non-hydrogen) atoms. The van der Waals surface area contributed by atoms with Gasteiger partial charge in [0.15, 0.2) is 0 Å². The molecule has 0 aromatic heterocycles. The Bertz CT molecular complexity index is 989. The predicted molar refractivity (Wildman–Crippen MR) is 141 cm³/mol. The van der Waals surface area contributed by atoms with E-state index in [1.54, 1.807) is 0 Å². The second kappa shape index (κ2) is 13.4. The maximum absolute atomic E-state index is 13.2. The molecule has 1 saturated carbocycles. The van der Waals surface area contributed by atoms with E-state index in [0.29, 0.717) is 51.1 Å². The average Bonchev–Trinajstić information content (AvgIpc) is 3.25. The first-order valence-corrected chi connectivity index (χ1v) is 13.8. The molecule has 2 amide bonds. The second-order valence-electron chi connectivity index (χ2n) is 10.2. The predicted octanol–water partition coefficient (Wildman–Crippen LogP) is 4.06. The summed E-state index contributed by atoms with van der Waals surface area (Å²) >= 11 is 0. The smallest absolute Gasteiger partial charge is 0.302 e. The van der Waals surface area contributed by atoms with Gasteiger partial charge in [-0.2, -0.15) is 0 Å². The number of guanidine groups is 1. The van der Waals surface area contributed by atoms with Gasteiger partial charge in [0.1, 0.15) is 12.3 Å². The molecule has 1 N–H and O–H groups in total. The number of nitrogens with zero attached hydrogens (tertiary/aromatic N) is 3. The normalized spacial score (nSPS) is 16.9. The van der Waals surface area contributed by atoms with Crippen LogP contribution in [0.4, 0.5) is 5.69 Å². The van der Waals surface area contributed by atoms with Crippen LogP contribution in [0, 0.1) is 0 Å². The van der Waals surface area contributed by atoms with Gasteiger partial charge in [-0.15, -0.1) is 0 Å². The van der Waals surface area contributed by atoms with Gasteiger partial charge in [-0.05, 0) is 56.7 Å². The Balaban J connectivity index is 1.20. The molecule has 1 aromatic rings. The zero-order valence-electron chi connectivity index (χ0n) is 22.0. The molecule has 1 aliphatic carbocycles. The molecule has 9 heteroatoms. The molecular weight excluding hydrogens is 472 g/mol. The summed E-state index contributed by atoms with van der Waals surface area (Å²) in [4.78, 5) is 44.3. The van der Waals surface area contributed by atoms with Crippen molar-refractivity contribution in [3.05, 3.63) is 23.8 Å². The standard InChI is InChI=1S/C28H40N4O5/c1-21(33)36-16-8-3-2-7-15-32(23-10-5-4-6-11-23)27(35)12-9-17-37-24-13-14-25-22(18-24)19-31-20-26(34)30-28(31)29-25/h13-14,18,23H,2-12,15-17,19-20H2,1H3,(H,29,30,34). The number of fused-ring (bicyclic) bond motifs is 2. The molecule has 0 spiro atoms. The van der Waals surface area contributed by atoms with Crippen molar-refractivity contribution < 1.29 is 23.9 Å². The lowest BCUT2D eigenvalue weighted by Crippen LogP contribution is -2.42. The van der Waals surface area contributed by atoms with E-state index in [0.717, 1.165) is 62.1 Å². The highest BCUT2D eigenvalue weighted by molar-refractivity contribution is 6.05. The van der Waals surface area contributed by atoms with E-state index in [4.69, 9.17) is 9.47 Å². The van der Waals surface area contributed by atoms with E-state index in [2.05, 4.69) is 15.2 Å². The lowest BCUT2D eigenvalue weighted by atomic mass is 9.93. The molecule has 0 atom stereocenters. The van der Waals surface area contributed by atoms with Crippen molar-refractivity contribution in [2.24, 2.45) is 4.99 Å². The third-order valence-corrected chi connectivity index (χ3v) is 7.26. The summed E-state index contributed by atoms with van der Waals surface area (Å²) in [6.45, 7) is 4.16. The zero-order valence-corrected chi connectivity index (χ0v) is 22.0. The maximum atomic E-state index is 13.2. The van der Waals surface area contributed by atoms with Crippen molar-refractivity contribution in [1.82, 2.24) is 15.1 Å². The van der Waals surface area contributed by atoms with E-state index in [1.165, 1.54) is 26.2 Å². The highest BCUT2D eigenvalue weighted by Crippen LogP contribution is 2.30. The van der Waals surface area contributed by atoms with E-state index >= 15 is 0 Å². The van der Waals surface area contributed by atoms with Gasteiger partial charge in [0.2, 0.25) is 17.8 Å². The molecule has 0 bridgehead atoms.